The second-order valence-corrected chi connectivity index (χ2v) is 9.50. The van der Waals surface area contributed by atoms with Crippen LogP contribution in [0, 0.1) is 71.0 Å². The van der Waals surface area contributed by atoms with E-state index in [0.29, 0.717) is 0 Å². The molecule has 0 aromatic carbocycles. The Bertz CT molecular complexity index is 381. The second-order valence-electron chi connectivity index (χ2n) is 9.50. The van der Waals surface area contributed by atoms with Crippen molar-refractivity contribution in [1.82, 2.24) is 0 Å². The third-order valence-electron chi connectivity index (χ3n) is 1.50. The van der Waals surface area contributed by atoms with E-state index in [1.54, 1.807) is 0 Å². The summed E-state index contributed by atoms with van der Waals surface area (Å²) < 4.78 is 0. The second kappa shape index (κ2) is 24.5. The number of hydrogen-bond donors (Lipinski definition) is 0. The minimum Gasteiger partial charge on any atom is -0.693 e. The maximum Gasteiger partial charge on any atom is 1.00 e. The van der Waals surface area contributed by atoms with Gasteiger partial charge in [0, 0.05) is 0 Å². The van der Waals surface area contributed by atoms with Crippen molar-refractivity contribution in [2.24, 2.45) is 21.7 Å². The van der Waals surface area contributed by atoms with Gasteiger partial charge in [-0.25, -0.2) is 0 Å². The number of rotatable bonds is 0. The Morgan fingerprint density at radius 3 is 0.357 bits per heavy atom. The van der Waals surface area contributed by atoms with Crippen LogP contribution in [-0.2, 0) is 89.5 Å². The molecule has 0 atom stereocenters. The largest absolute Gasteiger partial charge is 1.00 e. The average molecular weight is 1110 g/mol. The van der Waals surface area contributed by atoms with Crippen LogP contribution in [0.1, 0.15) is 83.1 Å². The smallest absolute Gasteiger partial charge is 0.693 e. The van der Waals surface area contributed by atoms with E-state index in [4.69, 9.17) is 25.7 Å². The fourth-order valence-electron chi connectivity index (χ4n) is 0. The van der Waals surface area contributed by atoms with Gasteiger partial charge in [0.2, 0.25) is 0 Å². The molecule has 4 heteroatoms. The van der Waals surface area contributed by atoms with Crippen LogP contribution in [0.4, 0.5) is 0 Å². The van der Waals surface area contributed by atoms with E-state index in [2.05, 4.69) is 23.7 Å². The molecule has 0 aliphatic rings. The fourth-order valence-corrected chi connectivity index (χ4v) is 0. The third kappa shape index (κ3) is 107. The minimum atomic E-state index is -0.0417. The molecule has 0 saturated carbocycles. The standard InChI is InChI=1S/4C6H9.4Au/c4*1-5-6(2,3)4;;;;/h4*2-4H3;;;;/q4*-1;4*+1. The third-order valence-corrected chi connectivity index (χ3v) is 1.50. The van der Waals surface area contributed by atoms with Gasteiger partial charge in [-0.3, -0.25) is 0 Å². The van der Waals surface area contributed by atoms with Crippen molar-refractivity contribution < 1.29 is 89.5 Å². The molecule has 0 aliphatic heterocycles. The summed E-state index contributed by atoms with van der Waals surface area (Å²) in [4.78, 5) is 0. The van der Waals surface area contributed by atoms with Gasteiger partial charge in [-0.2, -0.15) is 0 Å². The Hall–Kier alpha value is 1.20. The molecule has 0 amide bonds. The summed E-state index contributed by atoms with van der Waals surface area (Å²) in [6.45, 7) is 23.3. The molecule has 0 heterocycles. The summed E-state index contributed by atoms with van der Waals surface area (Å²) in [6.07, 6.45) is 26.4. The molecule has 0 spiro atoms. The normalized spacial score (nSPS) is 8.86. The van der Waals surface area contributed by atoms with Gasteiger partial charge >= 0.3 is 89.5 Å². The average Bonchev–Trinajstić information content (AvgIpc) is 2.37. The summed E-state index contributed by atoms with van der Waals surface area (Å²) >= 11 is 0. The molecule has 0 saturated heterocycles. The quantitative estimate of drug-likeness (QED) is 0.148. The fraction of sp³-hybridized carbons (Fsp3) is 0.667. The molecule has 0 aliphatic carbocycles. The van der Waals surface area contributed by atoms with Crippen LogP contribution in [-0.4, -0.2) is 0 Å². The Morgan fingerprint density at radius 1 is 0.321 bits per heavy atom. The zero-order chi connectivity index (χ0) is 20.8. The van der Waals surface area contributed by atoms with Crippen LogP contribution in [0.25, 0.3) is 0 Å². The Balaban J connectivity index is -0.0000000303. The molecule has 0 aromatic heterocycles. The Kier molecular flexibility index (Phi) is 45.2. The van der Waals surface area contributed by atoms with Gasteiger partial charge in [-0.1, -0.05) is 83.1 Å². The molecule has 0 rings (SSSR count). The SMILES string of the molecule is [Au+].[Au+].[Au+].[Au+].[C-]#CC(C)(C)C.[C-]#CC(C)(C)C.[C-]#CC(C)(C)C.[C-]#CC(C)(C)C. The van der Waals surface area contributed by atoms with Gasteiger partial charge in [0.1, 0.15) is 0 Å². The first-order valence-corrected chi connectivity index (χ1v) is 8.00. The molecular weight excluding hydrogens is 1080 g/mol. The van der Waals surface area contributed by atoms with Crippen molar-refractivity contribution in [2.45, 2.75) is 83.1 Å². The van der Waals surface area contributed by atoms with E-state index < -0.39 is 0 Å². The van der Waals surface area contributed by atoms with Crippen molar-refractivity contribution in [3.63, 3.8) is 0 Å². The molecule has 0 fully saturated rings. The molecule has 0 aromatic rings. The van der Waals surface area contributed by atoms with Crippen LogP contribution < -0.4 is 0 Å². The van der Waals surface area contributed by atoms with Crippen molar-refractivity contribution in [3.8, 4) is 23.7 Å². The molecule has 28 heavy (non-hydrogen) atoms. The van der Waals surface area contributed by atoms with Crippen molar-refractivity contribution in [2.75, 3.05) is 0 Å². The molecular formula is C24H36Au4. The predicted molar refractivity (Wildman–Crippen MR) is 106 cm³/mol. The van der Waals surface area contributed by atoms with Crippen LogP contribution in [0.15, 0.2) is 0 Å². The van der Waals surface area contributed by atoms with Gasteiger partial charge in [0.05, 0.1) is 0 Å². The van der Waals surface area contributed by atoms with Gasteiger partial charge in [0.15, 0.2) is 0 Å². The maximum absolute atomic E-state index is 6.60. The van der Waals surface area contributed by atoms with E-state index in [1.807, 2.05) is 83.1 Å². The van der Waals surface area contributed by atoms with Gasteiger partial charge < -0.3 is 49.4 Å². The van der Waals surface area contributed by atoms with Gasteiger partial charge in [-0.05, 0) is 21.7 Å². The monoisotopic (exact) mass is 1110 g/mol. The molecule has 0 bridgehead atoms. The van der Waals surface area contributed by atoms with Crippen LogP contribution in [0.2, 0.25) is 0 Å². The summed E-state index contributed by atoms with van der Waals surface area (Å²) in [5, 5.41) is 0. The Morgan fingerprint density at radius 2 is 0.357 bits per heavy atom. The minimum absolute atomic E-state index is 0. The summed E-state index contributed by atoms with van der Waals surface area (Å²) in [7, 11) is 0. The Labute approximate surface area is 241 Å². The zero-order valence-corrected chi connectivity index (χ0v) is 27.9. The van der Waals surface area contributed by atoms with E-state index >= 15 is 0 Å². The first-order valence-electron chi connectivity index (χ1n) is 8.00. The van der Waals surface area contributed by atoms with Crippen LogP contribution in [0.3, 0.4) is 0 Å². The predicted octanol–water partition coefficient (Wildman–Crippen LogP) is 6.48. The van der Waals surface area contributed by atoms with Crippen molar-refractivity contribution in [1.29, 1.82) is 0 Å². The maximum atomic E-state index is 6.60. The molecule has 0 radical (unpaired) electrons. The molecule has 0 N–H and O–H groups in total. The van der Waals surface area contributed by atoms with Crippen molar-refractivity contribution in [3.05, 3.63) is 25.7 Å². The molecule has 176 valence electrons. The van der Waals surface area contributed by atoms with Gasteiger partial charge in [0.25, 0.3) is 0 Å². The first-order chi connectivity index (χ1) is 10.2. The summed E-state index contributed by atoms with van der Waals surface area (Å²) in [5.74, 6) is 9.42. The van der Waals surface area contributed by atoms with Gasteiger partial charge in [-0.15, -0.1) is 0 Å². The molecule has 0 nitrogen and oxygen atoms in total. The summed E-state index contributed by atoms with van der Waals surface area (Å²) in [6, 6.07) is 0. The number of hydrogen-bond acceptors (Lipinski definition) is 0. The van der Waals surface area contributed by atoms with E-state index in [9.17, 15) is 0 Å². The first kappa shape index (κ1) is 51.7. The molecule has 0 unspecified atom stereocenters. The van der Waals surface area contributed by atoms with Crippen LogP contribution >= 0.6 is 0 Å². The van der Waals surface area contributed by atoms with E-state index in [-0.39, 0.29) is 111 Å². The van der Waals surface area contributed by atoms with E-state index in [1.165, 1.54) is 0 Å². The van der Waals surface area contributed by atoms with Crippen molar-refractivity contribution >= 4 is 0 Å². The topological polar surface area (TPSA) is 0 Å². The zero-order valence-electron chi connectivity index (χ0n) is 19.2. The summed E-state index contributed by atoms with van der Waals surface area (Å²) in [5.41, 5.74) is -0.167. The van der Waals surface area contributed by atoms with E-state index in [0.717, 1.165) is 0 Å². The van der Waals surface area contributed by atoms with Crippen LogP contribution in [0.5, 0.6) is 0 Å².